The summed E-state index contributed by atoms with van der Waals surface area (Å²) in [6.07, 6.45) is 3.63. The number of nitriles is 1. The average Bonchev–Trinajstić information content (AvgIpc) is 2.89. The maximum atomic E-state index is 13.4. The van der Waals surface area contributed by atoms with Crippen LogP contribution in [0.5, 0.6) is 0 Å². The molecule has 0 aromatic heterocycles. The number of likely N-dealkylation sites (tertiary alicyclic amines) is 1. The second-order valence-electron chi connectivity index (χ2n) is 10.7. The van der Waals surface area contributed by atoms with Crippen molar-refractivity contribution in [3.05, 3.63) is 34.3 Å². The molecule has 10 heteroatoms. The van der Waals surface area contributed by atoms with Crippen LogP contribution in [-0.4, -0.2) is 83.0 Å². The third-order valence-electron chi connectivity index (χ3n) is 8.26. The van der Waals surface area contributed by atoms with Gasteiger partial charge in [0.05, 0.1) is 23.2 Å². The Morgan fingerprint density at radius 2 is 1.97 bits per heavy atom. The number of hydrogen-bond acceptors (Lipinski definition) is 6. The number of amides is 3. The van der Waals surface area contributed by atoms with E-state index in [1.54, 1.807) is 39.9 Å². The number of carbonyl (C=O) groups is 3. The summed E-state index contributed by atoms with van der Waals surface area (Å²) in [5, 5.41) is 22.5. The predicted molar refractivity (Wildman–Crippen MR) is 138 cm³/mol. The van der Waals surface area contributed by atoms with Crippen LogP contribution in [0.4, 0.5) is 0 Å². The molecule has 0 bridgehead atoms. The maximum Gasteiger partial charge on any atom is 0.251 e. The highest BCUT2D eigenvalue weighted by atomic mass is 35.5. The van der Waals surface area contributed by atoms with Crippen LogP contribution >= 0.6 is 11.6 Å². The fourth-order valence-electron chi connectivity index (χ4n) is 6.07. The van der Waals surface area contributed by atoms with Crippen LogP contribution in [0.15, 0.2) is 18.2 Å². The lowest BCUT2D eigenvalue weighted by Gasteiger charge is -2.46. The van der Waals surface area contributed by atoms with E-state index in [1.807, 2.05) is 6.07 Å². The largest absolute Gasteiger partial charge is 0.384 e. The van der Waals surface area contributed by atoms with Crippen molar-refractivity contribution in [1.29, 1.82) is 5.26 Å². The maximum absolute atomic E-state index is 13.4. The van der Waals surface area contributed by atoms with E-state index in [0.717, 1.165) is 37.7 Å². The van der Waals surface area contributed by atoms with Gasteiger partial charge >= 0.3 is 0 Å². The van der Waals surface area contributed by atoms with Crippen molar-refractivity contribution in [2.75, 3.05) is 33.4 Å². The lowest BCUT2D eigenvalue weighted by Crippen LogP contribution is -2.60. The van der Waals surface area contributed by atoms with Gasteiger partial charge in [-0.15, -0.1) is 0 Å². The number of benzene rings is 1. The number of hydrogen-bond donors (Lipinski definition) is 2. The standard InChI is InChI=1S/C27H36ClN5O4/c1-17(34)26(36)32-9-7-19(8-10-32)20-5-6-24-22(12-20)27(37)33(16-30-24)15-25(35)31(2)14-18-3-4-21(13-29)23(28)11-18/h3-4,11,17,19-20,22,24,30,34H,5-10,12,14-16H2,1-2H3/t17-,20?,22?,24?/m1/s1. The molecule has 3 aliphatic rings. The van der Waals surface area contributed by atoms with Crippen molar-refractivity contribution in [3.63, 3.8) is 0 Å². The Morgan fingerprint density at radius 3 is 2.62 bits per heavy atom. The first-order valence-corrected chi connectivity index (χ1v) is 13.5. The Bertz CT molecular complexity index is 1070. The number of rotatable bonds is 6. The minimum Gasteiger partial charge on any atom is -0.384 e. The van der Waals surface area contributed by atoms with Gasteiger partial charge < -0.3 is 19.8 Å². The molecule has 1 aromatic rings. The molecule has 1 aliphatic carbocycles. The van der Waals surface area contributed by atoms with E-state index < -0.39 is 6.10 Å². The number of halogens is 1. The van der Waals surface area contributed by atoms with E-state index in [-0.39, 0.29) is 36.2 Å². The highest BCUT2D eigenvalue weighted by Crippen LogP contribution is 2.40. The van der Waals surface area contributed by atoms with Gasteiger partial charge in [-0.1, -0.05) is 17.7 Å². The van der Waals surface area contributed by atoms with Gasteiger partial charge in [-0.2, -0.15) is 5.26 Å². The lowest BCUT2D eigenvalue weighted by molar-refractivity contribution is -0.148. The van der Waals surface area contributed by atoms with Crippen molar-refractivity contribution in [2.24, 2.45) is 17.8 Å². The molecule has 9 nitrogen and oxygen atoms in total. The smallest absolute Gasteiger partial charge is 0.251 e. The quantitative estimate of drug-likeness (QED) is 0.582. The molecule has 0 spiro atoms. The summed E-state index contributed by atoms with van der Waals surface area (Å²) in [6, 6.07) is 7.28. The van der Waals surface area contributed by atoms with Crippen LogP contribution in [0.1, 0.15) is 50.2 Å². The first-order chi connectivity index (χ1) is 17.7. The number of carbonyl (C=O) groups excluding carboxylic acids is 3. The molecule has 4 atom stereocenters. The summed E-state index contributed by atoms with van der Waals surface area (Å²) in [7, 11) is 1.70. The van der Waals surface area contributed by atoms with Crippen molar-refractivity contribution in [1.82, 2.24) is 20.0 Å². The molecule has 200 valence electrons. The molecular weight excluding hydrogens is 494 g/mol. The van der Waals surface area contributed by atoms with Gasteiger partial charge in [0.1, 0.15) is 18.7 Å². The van der Waals surface area contributed by atoms with Gasteiger partial charge in [0.2, 0.25) is 11.8 Å². The second-order valence-corrected chi connectivity index (χ2v) is 11.1. The Balaban J connectivity index is 1.30. The third kappa shape index (κ3) is 6.25. The van der Waals surface area contributed by atoms with Gasteiger partial charge in [0, 0.05) is 32.7 Å². The fraction of sp³-hybridized carbons (Fsp3) is 0.630. The summed E-state index contributed by atoms with van der Waals surface area (Å²) in [5.41, 5.74) is 1.21. The van der Waals surface area contributed by atoms with Gasteiger partial charge in [0.15, 0.2) is 0 Å². The zero-order chi connectivity index (χ0) is 26.7. The zero-order valence-corrected chi connectivity index (χ0v) is 22.3. The molecule has 2 heterocycles. The van der Waals surface area contributed by atoms with Crippen molar-refractivity contribution in [2.45, 2.75) is 57.7 Å². The monoisotopic (exact) mass is 529 g/mol. The number of aliphatic hydroxyl groups excluding tert-OH is 1. The Hall–Kier alpha value is -2.67. The molecule has 2 saturated heterocycles. The van der Waals surface area contributed by atoms with Crippen molar-refractivity contribution in [3.8, 4) is 6.07 Å². The minimum absolute atomic E-state index is 0.0140. The van der Waals surface area contributed by atoms with Gasteiger partial charge in [0.25, 0.3) is 5.91 Å². The van der Waals surface area contributed by atoms with Crippen molar-refractivity contribution < 1.29 is 19.5 Å². The molecule has 3 amide bonds. The van der Waals surface area contributed by atoms with E-state index in [0.29, 0.717) is 48.7 Å². The molecule has 37 heavy (non-hydrogen) atoms. The highest BCUT2D eigenvalue weighted by Gasteiger charge is 2.43. The van der Waals surface area contributed by atoms with Crippen molar-refractivity contribution >= 4 is 29.3 Å². The number of piperidine rings is 1. The zero-order valence-electron chi connectivity index (χ0n) is 21.5. The molecule has 2 aliphatic heterocycles. The molecule has 1 saturated carbocycles. The number of nitrogens with zero attached hydrogens (tertiary/aromatic N) is 4. The minimum atomic E-state index is -0.965. The average molecular weight is 530 g/mol. The van der Waals surface area contributed by atoms with E-state index in [9.17, 15) is 19.5 Å². The summed E-state index contributed by atoms with van der Waals surface area (Å²) < 4.78 is 0. The summed E-state index contributed by atoms with van der Waals surface area (Å²) >= 11 is 6.12. The highest BCUT2D eigenvalue weighted by molar-refractivity contribution is 6.31. The first kappa shape index (κ1) is 27.4. The lowest BCUT2D eigenvalue weighted by atomic mass is 9.69. The van der Waals surface area contributed by atoms with Gasteiger partial charge in [-0.05, 0) is 68.6 Å². The molecule has 3 unspecified atom stereocenters. The molecule has 3 fully saturated rings. The van der Waals surface area contributed by atoms with E-state index in [4.69, 9.17) is 16.9 Å². The molecule has 0 radical (unpaired) electrons. The first-order valence-electron chi connectivity index (χ1n) is 13.1. The summed E-state index contributed by atoms with van der Waals surface area (Å²) in [6.45, 7) is 3.54. The number of fused-ring (bicyclic) bond motifs is 1. The molecule has 2 N–H and O–H groups in total. The topological polar surface area (TPSA) is 117 Å². The Labute approximate surface area is 223 Å². The Morgan fingerprint density at radius 1 is 1.24 bits per heavy atom. The van der Waals surface area contributed by atoms with Gasteiger partial charge in [-0.3, -0.25) is 19.7 Å². The number of likely N-dealkylation sites (N-methyl/N-ethyl adjacent to an activating group) is 1. The van der Waals surface area contributed by atoms with Crippen LogP contribution in [0, 0.1) is 29.1 Å². The van der Waals surface area contributed by atoms with E-state index >= 15 is 0 Å². The third-order valence-corrected chi connectivity index (χ3v) is 8.58. The van der Waals surface area contributed by atoms with Crippen LogP contribution in [-0.2, 0) is 20.9 Å². The molecule has 1 aromatic carbocycles. The van der Waals surface area contributed by atoms with E-state index in [2.05, 4.69) is 5.32 Å². The summed E-state index contributed by atoms with van der Waals surface area (Å²) in [5.74, 6) is 0.431. The van der Waals surface area contributed by atoms with Crippen LogP contribution < -0.4 is 5.32 Å². The fourth-order valence-corrected chi connectivity index (χ4v) is 6.32. The van der Waals surface area contributed by atoms with Crippen LogP contribution in [0.3, 0.4) is 0 Å². The SMILES string of the molecule is C[C@@H](O)C(=O)N1CCC(C2CCC3NCN(CC(=O)N(C)Cc4ccc(C#N)c(Cl)c4)C(=O)C3C2)CC1. The van der Waals surface area contributed by atoms with Crippen LogP contribution in [0.25, 0.3) is 0 Å². The van der Waals surface area contributed by atoms with Crippen LogP contribution in [0.2, 0.25) is 5.02 Å². The summed E-state index contributed by atoms with van der Waals surface area (Å²) in [4.78, 5) is 43.4. The second kappa shape index (κ2) is 11.8. The molecule has 4 rings (SSSR count). The van der Waals surface area contributed by atoms with E-state index in [1.165, 1.54) is 6.92 Å². The number of nitrogens with one attached hydrogen (secondary N) is 1. The Kier molecular flexibility index (Phi) is 8.73. The normalized spacial score (nSPS) is 25.3. The molecular formula is C27H36ClN5O4. The predicted octanol–water partition coefficient (Wildman–Crippen LogP) is 1.96. The van der Waals surface area contributed by atoms with Gasteiger partial charge in [-0.25, -0.2) is 0 Å². The number of aliphatic hydroxyl groups is 1.